The third kappa shape index (κ3) is 3.52. The number of carbonyl (C=O) groups is 2. The molecular formula is C19H21N5O3. The molecule has 27 heavy (non-hydrogen) atoms. The maximum absolute atomic E-state index is 12.4. The number of carbonyl (C=O) groups excluding carboxylic acids is 2. The lowest BCUT2D eigenvalue weighted by atomic mass is 9.78. The van der Waals surface area contributed by atoms with Crippen LogP contribution < -0.4 is 5.32 Å². The summed E-state index contributed by atoms with van der Waals surface area (Å²) in [5, 5.41) is 2.95. The molecule has 1 N–H and O–H groups in total. The molecule has 4 heterocycles. The zero-order chi connectivity index (χ0) is 18.7. The molecule has 0 radical (unpaired) electrons. The minimum Gasteiger partial charge on any atom is -0.371 e. The van der Waals surface area contributed by atoms with Crippen molar-refractivity contribution in [2.75, 3.05) is 26.2 Å². The van der Waals surface area contributed by atoms with Crippen LogP contribution in [0.3, 0.4) is 0 Å². The third-order valence-electron chi connectivity index (χ3n) is 5.31. The lowest BCUT2D eigenvalue weighted by Crippen LogP contribution is -2.66. The minimum atomic E-state index is -0.292. The predicted molar refractivity (Wildman–Crippen MR) is 95.9 cm³/mol. The van der Waals surface area contributed by atoms with E-state index in [0.29, 0.717) is 43.4 Å². The highest BCUT2D eigenvalue weighted by Gasteiger charge is 2.54. The van der Waals surface area contributed by atoms with Gasteiger partial charge in [-0.25, -0.2) is 4.98 Å². The maximum atomic E-state index is 12.4. The summed E-state index contributed by atoms with van der Waals surface area (Å²) in [7, 11) is 0. The largest absolute Gasteiger partial charge is 0.371 e. The Hall–Kier alpha value is -2.87. The maximum Gasteiger partial charge on any atom is 0.274 e. The van der Waals surface area contributed by atoms with Crippen molar-refractivity contribution >= 4 is 11.8 Å². The van der Waals surface area contributed by atoms with E-state index < -0.39 is 0 Å². The highest BCUT2D eigenvalue weighted by Crippen LogP contribution is 2.41. The molecule has 2 amide bonds. The summed E-state index contributed by atoms with van der Waals surface area (Å²) in [4.78, 5) is 38.2. The number of ether oxygens (including phenoxy) is 1. The molecule has 2 saturated heterocycles. The summed E-state index contributed by atoms with van der Waals surface area (Å²) in [5.74, 6) is 0.105. The first-order valence-corrected chi connectivity index (χ1v) is 9.05. The minimum absolute atomic E-state index is 0.0987. The number of likely N-dealkylation sites (tertiary alicyclic amines) is 1. The van der Waals surface area contributed by atoms with Crippen LogP contribution in [0, 0.1) is 5.92 Å². The number of nitrogens with one attached hydrogen (secondary N) is 1. The summed E-state index contributed by atoms with van der Waals surface area (Å²) in [6, 6.07) is 3.38. The van der Waals surface area contributed by atoms with Gasteiger partial charge in [0.25, 0.3) is 11.8 Å². The van der Waals surface area contributed by atoms with Crippen LogP contribution in [-0.2, 0) is 4.74 Å². The van der Waals surface area contributed by atoms with E-state index in [4.69, 9.17) is 4.74 Å². The second kappa shape index (κ2) is 7.40. The van der Waals surface area contributed by atoms with Crippen LogP contribution in [0.15, 0.2) is 43.1 Å². The Morgan fingerprint density at radius 3 is 2.74 bits per heavy atom. The van der Waals surface area contributed by atoms with Gasteiger partial charge in [-0.2, -0.15) is 0 Å². The third-order valence-corrected chi connectivity index (χ3v) is 5.31. The first-order chi connectivity index (χ1) is 13.2. The van der Waals surface area contributed by atoms with Gasteiger partial charge in [-0.05, 0) is 30.9 Å². The van der Waals surface area contributed by atoms with Crippen molar-refractivity contribution < 1.29 is 14.3 Å². The van der Waals surface area contributed by atoms with E-state index in [9.17, 15) is 9.59 Å². The molecule has 2 fully saturated rings. The number of amides is 2. The van der Waals surface area contributed by atoms with Gasteiger partial charge in [0.15, 0.2) is 0 Å². The quantitative estimate of drug-likeness (QED) is 0.844. The van der Waals surface area contributed by atoms with Crippen molar-refractivity contribution in [2.45, 2.75) is 18.4 Å². The molecule has 0 unspecified atom stereocenters. The molecule has 0 saturated carbocycles. The van der Waals surface area contributed by atoms with E-state index in [1.165, 1.54) is 12.4 Å². The lowest BCUT2D eigenvalue weighted by Gasteiger charge is -2.50. The molecule has 2 aromatic heterocycles. The Balaban J connectivity index is 1.29. The molecule has 0 aromatic carbocycles. The van der Waals surface area contributed by atoms with Gasteiger partial charge in [0.05, 0.1) is 19.3 Å². The van der Waals surface area contributed by atoms with Gasteiger partial charge in [0, 0.05) is 43.5 Å². The number of rotatable bonds is 5. The topological polar surface area (TPSA) is 97.3 Å². The van der Waals surface area contributed by atoms with E-state index >= 15 is 0 Å². The van der Waals surface area contributed by atoms with Crippen LogP contribution in [0.5, 0.6) is 0 Å². The van der Waals surface area contributed by atoms with Gasteiger partial charge >= 0.3 is 0 Å². The molecule has 2 aliphatic heterocycles. The summed E-state index contributed by atoms with van der Waals surface area (Å²) in [5.41, 5.74) is 0.664. The van der Waals surface area contributed by atoms with Crippen molar-refractivity contribution in [3.63, 3.8) is 0 Å². The molecule has 8 nitrogen and oxygen atoms in total. The van der Waals surface area contributed by atoms with Gasteiger partial charge in [0.2, 0.25) is 0 Å². The highest BCUT2D eigenvalue weighted by atomic mass is 16.5. The zero-order valence-corrected chi connectivity index (χ0v) is 14.9. The molecule has 8 heteroatoms. The average Bonchev–Trinajstić information content (AvgIpc) is 3.11. The fraction of sp³-hybridized carbons (Fsp3) is 0.421. The number of hydrogen-bond donors (Lipinski definition) is 1. The number of aromatic nitrogens is 3. The number of pyridine rings is 1. The summed E-state index contributed by atoms with van der Waals surface area (Å²) < 4.78 is 6.00. The van der Waals surface area contributed by atoms with E-state index in [2.05, 4.69) is 20.3 Å². The second-order valence-corrected chi connectivity index (χ2v) is 6.93. The number of nitrogens with zero attached hydrogens (tertiary/aromatic N) is 4. The predicted octanol–water partition coefficient (Wildman–Crippen LogP) is 0.923. The molecule has 0 aliphatic carbocycles. The molecule has 140 valence electrons. The average molecular weight is 367 g/mol. The van der Waals surface area contributed by atoms with Crippen LogP contribution in [0.25, 0.3) is 0 Å². The van der Waals surface area contributed by atoms with E-state index in [-0.39, 0.29) is 17.4 Å². The number of hydrogen-bond acceptors (Lipinski definition) is 6. The molecular weight excluding hydrogens is 346 g/mol. The fourth-order valence-electron chi connectivity index (χ4n) is 3.82. The SMILES string of the molecule is O=C(NCC[C@H]1CCOC12CN(C(=O)c1cnccn1)C2)c1ccncc1. The molecule has 1 spiro atoms. The first-order valence-electron chi connectivity index (χ1n) is 9.05. The van der Waals surface area contributed by atoms with Gasteiger partial charge in [-0.3, -0.25) is 19.6 Å². The van der Waals surface area contributed by atoms with Crippen LogP contribution >= 0.6 is 0 Å². The second-order valence-electron chi connectivity index (χ2n) is 6.93. The van der Waals surface area contributed by atoms with Gasteiger partial charge in [0.1, 0.15) is 11.3 Å². The summed E-state index contributed by atoms with van der Waals surface area (Å²) in [6.45, 7) is 2.39. The van der Waals surface area contributed by atoms with Crippen molar-refractivity contribution in [2.24, 2.45) is 5.92 Å². The van der Waals surface area contributed by atoms with Crippen LogP contribution in [-0.4, -0.2) is 63.5 Å². The molecule has 0 bridgehead atoms. The zero-order valence-electron chi connectivity index (χ0n) is 14.9. The smallest absolute Gasteiger partial charge is 0.274 e. The monoisotopic (exact) mass is 367 g/mol. The highest BCUT2D eigenvalue weighted by molar-refractivity contribution is 5.94. The molecule has 2 aromatic rings. The standard InChI is InChI=1S/C19H21N5O3/c25-17(14-1-5-20-6-2-14)23-7-3-15-4-10-27-19(15)12-24(13-19)18(26)16-11-21-8-9-22-16/h1-2,5-6,8-9,11,15H,3-4,7,10,12-13H2,(H,23,25)/t15-/m0/s1. The Morgan fingerprint density at radius 1 is 1.19 bits per heavy atom. The Bertz CT molecular complexity index is 809. The first kappa shape index (κ1) is 17.5. The van der Waals surface area contributed by atoms with Gasteiger partial charge in [-0.1, -0.05) is 0 Å². The van der Waals surface area contributed by atoms with Crippen LogP contribution in [0.2, 0.25) is 0 Å². The summed E-state index contributed by atoms with van der Waals surface area (Å²) >= 11 is 0. The fourth-order valence-corrected chi connectivity index (χ4v) is 3.82. The molecule has 1 atom stereocenters. The van der Waals surface area contributed by atoms with E-state index in [0.717, 1.165) is 12.8 Å². The van der Waals surface area contributed by atoms with Crippen molar-refractivity contribution in [1.82, 2.24) is 25.2 Å². The summed E-state index contributed by atoms with van der Waals surface area (Å²) in [6.07, 6.45) is 9.52. The van der Waals surface area contributed by atoms with E-state index in [1.54, 1.807) is 35.6 Å². The van der Waals surface area contributed by atoms with Crippen molar-refractivity contribution in [1.29, 1.82) is 0 Å². The van der Waals surface area contributed by atoms with Gasteiger partial charge in [-0.15, -0.1) is 0 Å². The molecule has 4 rings (SSSR count). The lowest BCUT2D eigenvalue weighted by molar-refractivity contribution is -0.118. The Kier molecular flexibility index (Phi) is 4.81. The Labute approximate surface area is 157 Å². The van der Waals surface area contributed by atoms with Crippen molar-refractivity contribution in [3.05, 3.63) is 54.4 Å². The molecule has 2 aliphatic rings. The van der Waals surface area contributed by atoms with Crippen molar-refractivity contribution in [3.8, 4) is 0 Å². The van der Waals surface area contributed by atoms with Crippen LogP contribution in [0.1, 0.15) is 33.7 Å². The van der Waals surface area contributed by atoms with Gasteiger partial charge < -0.3 is 15.0 Å². The van der Waals surface area contributed by atoms with E-state index in [1.807, 2.05) is 0 Å². The van der Waals surface area contributed by atoms with Crippen LogP contribution in [0.4, 0.5) is 0 Å². The Morgan fingerprint density at radius 2 is 2.00 bits per heavy atom. The normalized spacial score (nSPS) is 20.3.